The van der Waals surface area contributed by atoms with Gasteiger partial charge >= 0.3 is 0 Å². The quantitative estimate of drug-likeness (QED) is 0.424. The van der Waals surface area contributed by atoms with Crippen molar-refractivity contribution in [3.8, 4) is 5.75 Å². The molecular weight excluding hydrogens is 434 g/mol. The highest BCUT2D eigenvalue weighted by molar-refractivity contribution is 5.88. The van der Waals surface area contributed by atoms with E-state index < -0.39 is 0 Å². The van der Waals surface area contributed by atoms with Crippen molar-refractivity contribution in [3.63, 3.8) is 0 Å². The van der Waals surface area contributed by atoms with Crippen LogP contribution in [0.2, 0.25) is 0 Å². The molecule has 0 radical (unpaired) electrons. The van der Waals surface area contributed by atoms with Gasteiger partial charge in [-0.3, -0.25) is 4.79 Å². The van der Waals surface area contributed by atoms with Crippen LogP contribution >= 0.6 is 0 Å². The van der Waals surface area contributed by atoms with Crippen LogP contribution in [-0.4, -0.2) is 23.6 Å². The van der Waals surface area contributed by atoms with Gasteiger partial charge in [-0.2, -0.15) is 0 Å². The Morgan fingerprint density at radius 2 is 1.91 bits per heavy atom. The molecule has 6 rings (SSSR count). The molecule has 1 aliphatic carbocycles. The van der Waals surface area contributed by atoms with E-state index in [1.807, 2.05) is 6.92 Å². The van der Waals surface area contributed by atoms with Crippen molar-refractivity contribution >= 4 is 17.3 Å². The lowest BCUT2D eigenvalue weighted by Crippen LogP contribution is -2.42. The molecule has 5 heteroatoms. The number of phenolic OH excluding ortho intramolecular Hbond substituents is 1. The lowest BCUT2D eigenvalue weighted by molar-refractivity contribution is -0.122. The Labute approximate surface area is 207 Å². The number of benzene rings is 3. The first-order valence-corrected chi connectivity index (χ1v) is 12.8. The van der Waals surface area contributed by atoms with E-state index in [1.54, 1.807) is 12.1 Å². The van der Waals surface area contributed by atoms with Gasteiger partial charge in [0.2, 0.25) is 5.91 Å². The van der Waals surface area contributed by atoms with Crippen molar-refractivity contribution in [2.24, 2.45) is 5.92 Å². The molecule has 4 N–H and O–H groups in total. The summed E-state index contributed by atoms with van der Waals surface area (Å²) in [4.78, 5) is 13.3. The minimum absolute atomic E-state index is 0.00286. The first-order chi connectivity index (χ1) is 17.0. The van der Waals surface area contributed by atoms with Crippen LogP contribution in [0.1, 0.15) is 58.7 Å². The van der Waals surface area contributed by atoms with E-state index in [0.717, 1.165) is 48.3 Å². The van der Waals surface area contributed by atoms with E-state index in [4.69, 9.17) is 0 Å². The Bertz CT molecular complexity index is 1300. The number of aryl methyl sites for hydroxylation is 1. The maximum atomic E-state index is 13.3. The number of carbonyl (C=O) groups excluding carboxylic acids is 1. The maximum Gasteiger partial charge on any atom is 0.243 e. The highest BCUT2D eigenvalue weighted by atomic mass is 16.3. The van der Waals surface area contributed by atoms with Crippen molar-refractivity contribution in [3.05, 3.63) is 88.0 Å². The zero-order valence-corrected chi connectivity index (χ0v) is 20.4. The van der Waals surface area contributed by atoms with Crippen LogP contribution in [0.4, 0.5) is 11.4 Å². The molecule has 5 nitrogen and oxygen atoms in total. The Morgan fingerprint density at radius 3 is 2.77 bits per heavy atom. The van der Waals surface area contributed by atoms with Crippen molar-refractivity contribution < 1.29 is 9.90 Å². The summed E-state index contributed by atoms with van der Waals surface area (Å²) in [7, 11) is 0. The van der Waals surface area contributed by atoms with Gasteiger partial charge in [0, 0.05) is 30.4 Å². The molecule has 0 bridgehead atoms. The minimum atomic E-state index is -0.315. The van der Waals surface area contributed by atoms with Crippen molar-refractivity contribution in [2.75, 3.05) is 17.2 Å². The Hall–Kier alpha value is -3.47. The molecule has 0 saturated carbocycles. The SMILES string of the molecule is Cc1cc(O)cc2c1CC(C(=O)NC1CCNc3ccc(CC4Cc5ccccc5C4C)cc31)N2. The number of amides is 1. The molecular formula is C30H33N3O2. The second-order valence-electron chi connectivity index (χ2n) is 10.5. The van der Waals surface area contributed by atoms with Crippen molar-refractivity contribution in [2.45, 2.75) is 57.5 Å². The van der Waals surface area contributed by atoms with Gasteiger partial charge in [-0.1, -0.05) is 43.3 Å². The predicted octanol–water partition coefficient (Wildman–Crippen LogP) is 5.23. The molecule has 35 heavy (non-hydrogen) atoms. The maximum absolute atomic E-state index is 13.3. The normalized spacial score (nSPS) is 24.1. The number of carbonyl (C=O) groups is 1. The van der Waals surface area contributed by atoms with Crippen LogP contribution < -0.4 is 16.0 Å². The highest BCUT2D eigenvalue weighted by Crippen LogP contribution is 2.40. The van der Waals surface area contributed by atoms with Crippen LogP contribution in [0, 0.1) is 12.8 Å². The summed E-state index contributed by atoms with van der Waals surface area (Å²) < 4.78 is 0. The highest BCUT2D eigenvalue weighted by Gasteiger charge is 2.32. The third-order valence-electron chi connectivity index (χ3n) is 8.30. The van der Waals surface area contributed by atoms with E-state index in [1.165, 1.54) is 22.3 Å². The molecule has 2 aliphatic heterocycles. The molecule has 3 aromatic rings. The largest absolute Gasteiger partial charge is 0.508 e. The molecule has 0 spiro atoms. The molecule has 0 fully saturated rings. The molecule has 0 aromatic heterocycles. The van der Waals surface area contributed by atoms with Gasteiger partial charge in [-0.05, 0) is 83.5 Å². The van der Waals surface area contributed by atoms with Crippen LogP contribution in [0.3, 0.4) is 0 Å². The third kappa shape index (κ3) is 4.03. The van der Waals surface area contributed by atoms with Gasteiger partial charge in [0.15, 0.2) is 0 Å². The van der Waals surface area contributed by atoms with Gasteiger partial charge in [-0.15, -0.1) is 0 Å². The number of hydrogen-bond acceptors (Lipinski definition) is 4. The van der Waals surface area contributed by atoms with Crippen molar-refractivity contribution in [1.82, 2.24) is 5.32 Å². The summed E-state index contributed by atoms with van der Waals surface area (Å²) in [5.41, 5.74) is 9.63. The van der Waals surface area contributed by atoms with E-state index in [0.29, 0.717) is 18.3 Å². The van der Waals surface area contributed by atoms with Gasteiger partial charge in [0.1, 0.15) is 11.8 Å². The number of anilines is 2. The fraction of sp³-hybridized carbons (Fsp3) is 0.367. The van der Waals surface area contributed by atoms with E-state index in [-0.39, 0.29) is 23.7 Å². The monoisotopic (exact) mass is 467 g/mol. The number of hydrogen-bond donors (Lipinski definition) is 4. The predicted molar refractivity (Wildman–Crippen MR) is 140 cm³/mol. The average molecular weight is 468 g/mol. The van der Waals surface area contributed by atoms with Gasteiger partial charge < -0.3 is 21.1 Å². The molecule has 3 aliphatic rings. The Morgan fingerprint density at radius 1 is 1.06 bits per heavy atom. The summed E-state index contributed by atoms with van der Waals surface area (Å²) in [6, 6.07) is 18.7. The summed E-state index contributed by atoms with van der Waals surface area (Å²) in [6.45, 7) is 5.18. The third-order valence-corrected chi connectivity index (χ3v) is 8.30. The number of rotatable bonds is 4. The minimum Gasteiger partial charge on any atom is -0.508 e. The summed E-state index contributed by atoms with van der Waals surface area (Å²) in [6.07, 6.45) is 3.69. The molecule has 4 unspecified atom stereocenters. The average Bonchev–Trinajstić information content (AvgIpc) is 3.41. The Kier molecular flexibility index (Phi) is 5.43. The fourth-order valence-electron chi connectivity index (χ4n) is 6.35. The summed E-state index contributed by atoms with van der Waals surface area (Å²) in [5, 5.41) is 20.1. The van der Waals surface area contributed by atoms with Gasteiger partial charge in [-0.25, -0.2) is 0 Å². The lowest BCUT2D eigenvalue weighted by atomic mass is 9.87. The number of nitrogens with one attached hydrogen (secondary N) is 3. The van der Waals surface area contributed by atoms with Crippen LogP contribution in [0.15, 0.2) is 54.6 Å². The van der Waals surface area contributed by atoms with Gasteiger partial charge in [0.05, 0.1) is 6.04 Å². The topological polar surface area (TPSA) is 73.4 Å². The van der Waals surface area contributed by atoms with E-state index in [9.17, 15) is 9.90 Å². The fourth-order valence-corrected chi connectivity index (χ4v) is 6.35. The van der Waals surface area contributed by atoms with Crippen LogP contribution in [0.25, 0.3) is 0 Å². The zero-order chi connectivity index (χ0) is 24.1. The molecule has 0 saturated heterocycles. The second kappa shape index (κ2) is 8.63. The first kappa shape index (κ1) is 22.0. The molecule has 180 valence electrons. The summed E-state index contributed by atoms with van der Waals surface area (Å²) >= 11 is 0. The molecule has 2 heterocycles. The first-order valence-electron chi connectivity index (χ1n) is 12.8. The van der Waals surface area contributed by atoms with Crippen molar-refractivity contribution in [1.29, 1.82) is 0 Å². The van der Waals surface area contributed by atoms with Gasteiger partial charge in [0.25, 0.3) is 0 Å². The summed E-state index contributed by atoms with van der Waals surface area (Å²) in [5.74, 6) is 1.42. The smallest absolute Gasteiger partial charge is 0.243 e. The second-order valence-corrected chi connectivity index (χ2v) is 10.5. The molecule has 1 amide bonds. The Balaban J connectivity index is 1.17. The lowest BCUT2D eigenvalue weighted by Gasteiger charge is -2.29. The number of phenols is 1. The standard InChI is InChI=1S/C30H33N3O2/c1-17-11-22(34)15-28-24(17)16-29(32-28)30(35)33-27-9-10-31-26-8-7-19(13-25(26)27)12-21-14-20-5-3-4-6-23(20)18(21)2/h3-8,11,13,15,18,21,27,29,31-32,34H,9-10,12,14,16H2,1-2H3,(H,33,35). The van der Waals surface area contributed by atoms with Crippen LogP contribution in [0.5, 0.6) is 5.75 Å². The molecule has 3 aromatic carbocycles. The number of aromatic hydroxyl groups is 1. The van der Waals surface area contributed by atoms with E-state index in [2.05, 4.69) is 65.3 Å². The zero-order valence-electron chi connectivity index (χ0n) is 20.4. The van der Waals surface area contributed by atoms with Crippen LogP contribution in [-0.2, 0) is 24.1 Å². The van der Waals surface area contributed by atoms with E-state index >= 15 is 0 Å². The molecule has 4 atom stereocenters. The number of fused-ring (bicyclic) bond motifs is 3.